The van der Waals surface area contributed by atoms with Crippen molar-refractivity contribution in [3.63, 3.8) is 0 Å². The standard InChI is InChI=1S/C23H24N2O.H3P.H2/c1-16-8-12-19(13-9-16)22(20-14-10-17(2)11-15-20)25-23(26)21(24)18-6-4-3-5-7-18;;/h3-15,21-22H,24H2,1-2H3,(H,25,26);1H3;1H/t21-;;/m0../s1. The van der Waals surface area contributed by atoms with Crippen molar-refractivity contribution in [2.24, 2.45) is 5.73 Å². The molecule has 0 heterocycles. The maximum absolute atomic E-state index is 12.8. The minimum Gasteiger partial charge on any atom is -0.344 e. The lowest BCUT2D eigenvalue weighted by Crippen LogP contribution is -2.37. The predicted octanol–water partition coefficient (Wildman–Crippen LogP) is 4.51. The molecule has 0 saturated carbocycles. The van der Waals surface area contributed by atoms with E-state index in [0.29, 0.717) is 0 Å². The number of carbonyl (C=O) groups excluding carboxylic acids is 1. The van der Waals surface area contributed by atoms with Gasteiger partial charge in [0.05, 0.1) is 6.04 Å². The van der Waals surface area contributed by atoms with E-state index in [1.807, 2.05) is 54.6 Å². The Labute approximate surface area is 166 Å². The summed E-state index contributed by atoms with van der Waals surface area (Å²) in [5.74, 6) is -0.192. The predicted molar refractivity (Wildman–Crippen MR) is 119 cm³/mol. The van der Waals surface area contributed by atoms with Crippen molar-refractivity contribution in [1.82, 2.24) is 5.32 Å². The van der Waals surface area contributed by atoms with Crippen LogP contribution in [0.25, 0.3) is 0 Å². The first-order valence-corrected chi connectivity index (χ1v) is 8.78. The van der Waals surface area contributed by atoms with Crippen LogP contribution in [0.15, 0.2) is 78.9 Å². The summed E-state index contributed by atoms with van der Waals surface area (Å²) in [7, 11) is 0. The maximum Gasteiger partial charge on any atom is 0.242 e. The van der Waals surface area contributed by atoms with Gasteiger partial charge in [0.15, 0.2) is 0 Å². The molecule has 0 aliphatic carbocycles. The van der Waals surface area contributed by atoms with Crippen molar-refractivity contribution < 1.29 is 6.22 Å². The van der Waals surface area contributed by atoms with Gasteiger partial charge in [0.25, 0.3) is 0 Å². The van der Waals surface area contributed by atoms with E-state index < -0.39 is 6.04 Å². The highest BCUT2D eigenvalue weighted by atomic mass is 31.0. The van der Waals surface area contributed by atoms with Crippen molar-refractivity contribution in [3.8, 4) is 0 Å². The Morgan fingerprint density at radius 1 is 0.778 bits per heavy atom. The Bertz CT molecular complexity index is 822. The van der Waals surface area contributed by atoms with Gasteiger partial charge in [-0.15, -0.1) is 0 Å². The number of amides is 1. The summed E-state index contributed by atoms with van der Waals surface area (Å²) in [4.78, 5) is 12.8. The Hall–Kier alpha value is -2.48. The highest BCUT2D eigenvalue weighted by Gasteiger charge is 2.22. The lowest BCUT2D eigenvalue weighted by atomic mass is 9.96. The molecule has 3 aromatic rings. The number of nitrogens with one attached hydrogen (secondary N) is 1. The highest BCUT2D eigenvalue weighted by molar-refractivity contribution is 6.92. The fourth-order valence-corrected chi connectivity index (χ4v) is 2.92. The van der Waals surface area contributed by atoms with Crippen molar-refractivity contribution in [3.05, 3.63) is 107 Å². The van der Waals surface area contributed by atoms with Gasteiger partial charge < -0.3 is 11.1 Å². The SMILES string of the molecule is Cc1ccc(C(NC(=O)[C@@H](N)c2ccccc2)c2ccc(C)cc2)cc1.P.[HH]. The molecule has 3 rings (SSSR count). The summed E-state index contributed by atoms with van der Waals surface area (Å²) >= 11 is 0. The fraction of sp³-hybridized carbons (Fsp3) is 0.174. The molecule has 0 fully saturated rings. The van der Waals surface area contributed by atoms with E-state index in [0.717, 1.165) is 16.7 Å². The average molecular weight is 380 g/mol. The summed E-state index contributed by atoms with van der Waals surface area (Å²) < 4.78 is 0. The smallest absolute Gasteiger partial charge is 0.242 e. The van der Waals surface area contributed by atoms with Crippen LogP contribution in [0.3, 0.4) is 0 Å². The first-order valence-electron chi connectivity index (χ1n) is 8.78. The van der Waals surface area contributed by atoms with E-state index in [2.05, 4.69) is 43.4 Å². The third-order valence-corrected chi connectivity index (χ3v) is 4.55. The molecule has 0 bridgehead atoms. The molecule has 3 N–H and O–H groups in total. The number of benzene rings is 3. The second-order valence-corrected chi connectivity index (χ2v) is 6.65. The number of aryl methyl sites for hydroxylation is 2. The summed E-state index contributed by atoms with van der Waals surface area (Å²) in [6.07, 6.45) is 0. The first kappa shape index (κ1) is 20.8. The second-order valence-electron chi connectivity index (χ2n) is 6.65. The van der Waals surface area contributed by atoms with Gasteiger partial charge in [-0.2, -0.15) is 9.90 Å². The van der Waals surface area contributed by atoms with Crippen molar-refractivity contribution in [2.45, 2.75) is 25.9 Å². The van der Waals surface area contributed by atoms with Gasteiger partial charge in [-0.25, -0.2) is 0 Å². The molecule has 0 saturated heterocycles. The molecule has 2 atom stereocenters. The van der Waals surface area contributed by atoms with Crippen molar-refractivity contribution in [1.29, 1.82) is 0 Å². The molecule has 27 heavy (non-hydrogen) atoms. The molecule has 0 aliphatic heterocycles. The summed E-state index contributed by atoms with van der Waals surface area (Å²) in [6, 6.07) is 24.9. The van der Waals surface area contributed by atoms with Crippen LogP contribution in [0, 0.1) is 13.8 Å². The van der Waals surface area contributed by atoms with Crippen LogP contribution in [-0.2, 0) is 4.79 Å². The monoisotopic (exact) mass is 380 g/mol. The maximum atomic E-state index is 12.8. The quantitative estimate of drug-likeness (QED) is 0.640. The number of nitrogens with two attached hydrogens (primary N) is 1. The molecule has 3 nitrogen and oxygen atoms in total. The van der Waals surface area contributed by atoms with E-state index in [-0.39, 0.29) is 23.3 Å². The van der Waals surface area contributed by atoms with E-state index >= 15 is 0 Å². The third kappa shape index (κ3) is 5.26. The molecule has 3 aromatic carbocycles. The molecular weight excluding hydrogens is 351 g/mol. The van der Waals surface area contributed by atoms with Crippen LogP contribution in [0.4, 0.5) is 0 Å². The Morgan fingerprint density at radius 3 is 1.67 bits per heavy atom. The van der Waals surface area contributed by atoms with E-state index in [1.165, 1.54) is 11.1 Å². The molecule has 4 heteroatoms. The molecule has 0 radical (unpaired) electrons. The lowest BCUT2D eigenvalue weighted by molar-refractivity contribution is -0.123. The molecule has 0 aromatic heterocycles. The van der Waals surface area contributed by atoms with Gasteiger partial charge in [0.2, 0.25) is 5.91 Å². The number of hydrogen-bond donors (Lipinski definition) is 2. The van der Waals surface area contributed by atoms with Gasteiger partial charge in [0.1, 0.15) is 6.04 Å². The van der Waals surface area contributed by atoms with Crippen LogP contribution in [-0.4, -0.2) is 5.91 Å². The molecular formula is C23H29N2OP. The van der Waals surface area contributed by atoms with E-state index in [1.54, 1.807) is 0 Å². The van der Waals surface area contributed by atoms with Gasteiger partial charge >= 0.3 is 0 Å². The van der Waals surface area contributed by atoms with Crippen LogP contribution < -0.4 is 11.1 Å². The number of carbonyl (C=O) groups is 1. The largest absolute Gasteiger partial charge is 0.344 e. The lowest BCUT2D eigenvalue weighted by Gasteiger charge is -2.22. The zero-order valence-electron chi connectivity index (χ0n) is 15.9. The summed E-state index contributed by atoms with van der Waals surface area (Å²) in [5.41, 5.74) is 11.4. The first-order chi connectivity index (χ1) is 12.5. The van der Waals surface area contributed by atoms with Crippen LogP contribution >= 0.6 is 9.90 Å². The minimum absolute atomic E-state index is 0. The fourth-order valence-electron chi connectivity index (χ4n) is 2.92. The minimum atomic E-state index is -0.699. The zero-order valence-corrected chi connectivity index (χ0v) is 17.3. The number of hydrogen-bond acceptors (Lipinski definition) is 2. The Morgan fingerprint density at radius 2 is 1.22 bits per heavy atom. The van der Waals surface area contributed by atoms with Crippen LogP contribution in [0.1, 0.15) is 41.3 Å². The van der Waals surface area contributed by atoms with Crippen molar-refractivity contribution in [2.75, 3.05) is 0 Å². The summed E-state index contributed by atoms with van der Waals surface area (Å²) in [5, 5.41) is 3.12. The van der Waals surface area contributed by atoms with Crippen LogP contribution in [0.2, 0.25) is 0 Å². The zero-order chi connectivity index (χ0) is 18.5. The van der Waals surface area contributed by atoms with E-state index in [9.17, 15) is 4.79 Å². The molecule has 142 valence electrons. The van der Waals surface area contributed by atoms with Gasteiger partial charge in [-0.3, -0.25) is 4.79 Å². The van der Waals surface area contributed by atoms with Gasteiger partial charge in [0, 0.05) is 1.43 Å². The molecule has 0 aliphatic rings. The van der Waals surface area contributed by atoms with E-state index in [4.69, 9.17) is 5.73 Å². The average Bonchev–Trinajstić information content (AvgIpc) is 2.67. The van der Waals surface area contributed by atoms with Crippen molar-refractivity contribution >= 4 is 15.8 Å². The molecule has 1 unspecified atom stereocenters. The Balaban J connectivity index is 0.00000196. The number of rotatable bonds is 5. The van der Waals surface area contributed by atoms with Gasteiger partial charge in [-0.1, -0.05) is 90.0 Å². The second kappa shape index (κ2) is 9.45. The summed E-state index contributed by atoms with van der Waals surface area (Å²) in [6.45, 7) is 4.10. The Kier molecular flexibility index (Phi) is 7.29. The van der Waals surface area contributed by atoms with Crippen LogP contribution in [0.5, 0.6) is 0 Å². The highest BCUT2D eigenvalue weighted by Crippen LogP contribution is 2.24. The normalized spacial score (nSPS) is 11.6. The molecule has 0 spiro atoms. The molecule has 1 amide bonds. The topological polar surface area (TPSA) is 55.1 Å². The van der Waals surface area contributed by atoms with Gasteiger partial charge in [-0.05, 0) is 30.5 Å². The third-order valence-electron chi connectivity index (χ3n) is 4.55.